The zero-order valence-electron chi connectivity index (χ0n) is 16.2. The van der Waals surface area contributed by atoms with E-state index in [4.69, 9.17) is 5.11 Å². The van der Waals surface area contributed by atoms with E-state index < -0.39 is 22.4 Å². The van der Waals surface area contributed by atoms with Crippen molar-refractivity contribution < 1.29 is 18.3 Å². The van der Waals surface area contributed by atoms with Crippen LogP contribution >= 0.6 is 0 Å². The van der Waals surface area contributed by atoms with Crippen LogP contribution in [0, 0.1) is 0 Å². The number of ketones is 1. The van der Waals surface area contributed by atoms with Crippen LogP contribution in [-0.4, -0.2) is 55.0 Å². The van der Waals surface area contributed by atoms with E-state index >= 15 is 0 Å². The number of aliphatic hydroxyl groups is 1. The zero-order chi connectivity index (χ0) is 21.1. The van der Waals surface area contributed by atoms with E-state index in [2.05, 4.69) is 14.7 Å². The Balaban J connectivity index is 1.39. The molecule has 2 N–H and O–H groups in total. The van der Waals surface area contributed by atoms with Crippen LogP contribution in [0.2, 0.25) is 0 Å². The number of anilines is 1. The van der Waals surface area contributed by atoms with Gasteiger partial charge < -0.3 is 10.0 Å². The van der Waals surface area contributed by atoms with Gasteiger partial charge in [0.05, 0.1) is 10.5 Å². The van der Waals surface area contributed by atoms with E-state index in [0.717, 1.165) is 10.8 Å². The number of carbonyl (C=O) groups is 1. The highest BCUT2D eigenvalue weighted by Crippen LogP contribution is 2.21. The van der Waals surface area contributed by atoms with Crippen molar-refractivity contribution in [2.24, 2.45) is 0 Å². The molecule has 0 bridgehead atoms. The van der Waals surface area contributed by atoms with Gasteiger partial charge in [-0.1, -0.05) is 30.3 Å². The summed E-state index contributed by atoms with van der Waals surface area (Å²) in [6.45, 7) is 0.613. The van der Waals surface area contributed by atoms with Crippen molar-refractivity contribution in [2.45, 2.75) is 23.8 Å². The highest BCUT2D eigenvalue weighted by molar-refractivity contribution is 7.89. The number of carbonyl (C=O) groups excluding carboxylic acids is 1. The Bertz CT molecular complexity index is 1160. The molecule has 2 aromatic carbocycles. The first-order valence-electron chi connectivity index (χ1n) is 9.68. The fraction of sp³-hybridized carbons (Fsp3) is 0.286. The quantitative estimate of drug-likeness (QED) is 0.578. The summed E-state index contributed by atoms with van der Waals surface area (Å²) in [5, 5.41) is 10.8. The van der Waals surface area contributed by atoms with Crippen molar-refractivity contribution in [3.63, 3.8) is 0 Å². The molecule has 1 fully saturated rings. The summed E-state index contributed by atoms with van der Waals surface area (Å²) in [5.74, 6) is 0.0590. The van der Waals surface area contributed by atoms with Crippen LogP contribution in [0.4, 0.5) is 5.95 Å². The number of hydrogen-bond acceptors (Lipinski definition) is 7. The van der Waals surface area contributed by atoms with Gasteiger partial charge in [-0.05, 0) is 35.7 Å². The number of Topliss-reactive ketones (excluding diaryl/α,β-unsaturated/α-hetero) is 1. The topological polar surface area (TPSA) is 112 Å². The summed E-state index contributed by atoms with van der Waals surface area (Å²) in [6.07, 6.45) is 4.03. The highest BCUT2D eigenvalue weighted by Gasteiger charge is 2.26. The Morgan fingerprint density at radius 2 is 1.73 bits per heavy atom. The van der Waals surface area contributed by atoms with Crippen LogP contribution in [0.15, 0.2) is 59.8 Å². The molecule has 30 heavy (non-hydrogen) atoms. The number of nitrogens with zero attached hydrogens (tertiary/aromatic N) is 3. The normalized spacial score (nSPS) is 15.4. The summed E-state index contributed by atoms with van der Waals surface area (Å²) in [7, 11) is -3.61. The standard InChI is InChI=1S/C21H22N4O4S/c26-14-20(27)17-12-22-21(23-13-17)25-9-7-18(8-10-25)24-30(28,29)19-6-5-15-3-1-2-4-16(15)11-19/h1-6,11-13,18,24,26H,7-10,14H2. The van der Waals surface area contributed by atoms with E-state index in [-0.39, 0.29) is 16.5 Å². The van der Waals surface area contributed by atoms with E-state index in [1.165, 1.54) is 12.4 Å². The van der Waals surface area contributed by atoms with Gasteiger partial charge in [0.2, 0.25) is 16.0 Å². The average Bonchev–Trinajstić information content (AvgIpc) is 2.78. The Kier molecular flexibility index (Phi) is 5.76. The third kappa shape index (κ3) is 4.33. The van der Waals surface area contributed by atoms with E-state index in [1.807, 2.05) is 35.2 Å². The number of hydrogen-bond donors (Lipinski definition) is 2. The van der Waals surface area contributed by atoms with Gasteiger partial charge >= 0.3 is 0 Å². The minimum atomic E-state index is -3.61. The van der Waals surface area contributed by atoms with Gasteiger partial charge in [0.1, 0.15) is 6.61 Å². The van der Waals surface area contributed by atoms with Crippen LogP contribution in [0.3, 0.4) is 0 Å². The predicted octanol–water partition coefficient (Wildman–Crippen LogP) is 1.75. The van der Waals surface area contributed by atoms with Crippen molar-refractivity contribution in [3.8, 4) is 0 Å². The molecular formula is C21H22N4O4S. The molecule has 156 valence electrons. The highest BCUT2D eigenvalue weighted by atomic mass is 32.2. The molecule has 1 saturated heterocycles. The zero-order valence-corrected chi connectivity index (χ0v) is 17.0. The van der Waals surface area contributed by atoms with Gasteiger partial charge in [-0.3, -0.25) is 4.79 Å². The SMILES string of the molecule is O=C(CO)c1cnc(N2CCC(NS(=O)(=O)c3ccc4ccccc4c3)CC2)nc1. The maximum atomic E-state index is 12.8. The van der Waals surface area contributed by atoms with Crippen LogP contribution in [0.25, 0.3) is 10.8 Å². The van der Waals surface area contributed by atoms with Gasteiger partial charge in [-0.2, -0.15) is 0 Å². The van der Waals surface area contributed by atoms with Crippen LogP contribution < -0.4 is 9.62 Å². The molecule has 1 aliphatic rings. The van der Waals surface area contributed by atoms with Gasteiger partial charge in [-0.25, -0.2) is 23.1 Å². The van der Waals surface area contributed by atoms with Crippen molar-refractivity contribution in [3.05, 3.63) is 60.4 Å². The molecule has 0 spiro atoms. The molecule has 8 nitrogen and oxygen atoms in total. The summed E-state index contributed by atoms with van der Waals surface area (Å²) in [6, 6.07) is 12.6. The van der Waals surface area contributed by atoms with Crippen LogP contribution in [0.5, 0.6) is 0 Å². The largest absolute Gasteiger partial charge is 0.388 e. The number of fused-ring (bicyclic) bond motifs is 1. The monoisotopic (exact) mass is 426 g/mol. The minimum Gasteiger partial charge on any atom is -0.388 e. The Hall–Kier alpha value is -2.88. The van der Waals surface area contributed by atoms with Gasteiger partial charge in [0.25, 0.3) is 0 Å². The van der Waals surface area contributed by atoms with E-state index in [0.29, 0.717) is 31.9 Å². The predicted molar refractivity (Wildman–Crippen MR) is 113 cm³/mol. The number of aromatic nitrogens is 2. The van der Waals surface area contributed by atoms with Crippen molar-refractivity contribution >= 4 is 32.5 Å². The molecule has 2 heterocycles. The Morgan fingerprint density at radius 3 is 2.40 bits per heavy atom. The number of rotatable bonds is 6. The molecular weight excluding hydrogens is 404 g/mol. The van der Waals surface area contributed by atoms with E-state index in [1.54, 1.807) is 12.1 Å². The second kappa shape index (κ2) is 8.47. The molecule has 9 heteroatoms. The molecule has 4 rings (SSSR count). The van der Waals surface area contributed by atoms with Gasteiger partial charge in [-0.15, -0.1) is 0 Å². The van der Waals surface area contributed by atoms with E-state index in [9.17, 15) is 13.2 Å². The molecule has 0 atom stereocenters. The fourth-order valence-electron chi connectivity index (χ4n) is 3.54. The summed E-state index contributed by atoms with van der Waals surface area (Å²) < 4.78 is 28.5. The average molecular weight is 426 g/mol. The number of benzene rings is 2. The smallest absolute Gasteiger partial charge is 0.240 e. The van der Waals surface area contributed by atoms with Crippen molar-refractivity contribution in [1.82, 2.24) is 14.7 Å². The molecule has 3 aromatic rings. The number of nitrogens with one attached hydrogen (secondary N) is 1. The second-order valence-electron chi connectivity index (χ2n) is 7.24. The molecule has 1 aliphatic heterocycles. The first-order valence-corrected chi connectivity index (χ1v) is 11.2. The molecule has 0 aliphatic carbocycles. The lowest BCUT2D eigenvalue weighted by Gasteiger charge is -2.32. The molecule has 1 aromatic heterocycles. The second-order valence-corrected chi connectivity index (χ2v) is 8.96. The molecule has 0 saturated carbocycles. The minimum absolute atomic E-state index is 0.173. The van der Waals surface area contributed by atoms with Crippen molar-refractivity contribution in [1.29, 1.82) is 0 Å². The number of sulfonamides is 1. The lowest BCUT2D eigenvalue weighted by atomic mass is 10.1. The number of piperidine rings is 1. The molecule has 0 unspecified atom stereocenters. The Morgan fingerprint density at radius 1 is 1.07 bits per heavy atom. The maximum Gasteiger partial charge on any atom is 0.240 e. The van der Waals surface area contributed by atoms with Gasteiger partial charge in [0.15, 0.2) is 5.78 Å². The Labute approximate surface area is 174 Å². The summed E-state index contributed by atoms with van der Waals surface area (Å²) in [5.41, 5.74) is 0.263. The first-order chi connectivity index (χ1) is 14.5. The summed E-state index contributed by atoms with van der Waals surface area (Å²) in [4.78, 5) is 22.1. The molecule has 0 amide bonds. The van der Waals surface area contributed by atoms with Crippen molar-refractivity contribution in [2.75, 3.05) is 24.6 Å². The van der Waals surface area contributed by atoms with Crippen LogP contribution in [-0.2, 0) is 10.0 Å². The lowest BCUT2D eigenvalue weighted by molar-refractivity contribution is 0.0903. The third-order valence-electron chi connectivity index (χ3n) is 5.23. The van der Waals surface area contributed by atoms with Gasteiger partial charge in [0, 0.05) is 31.5 Å². The fourth-order valence-corrected chi connectivity index (χ4v) is 4.88. The number of aliphatic hydroxyl groups excluding tert-OH is 1. The molecule has 0 radical (unpaired) electrons. The first kappa shape index (κ1) is 20.4. The summed E-state index contributed by atoms with van der Waals surface area (Å²) >= 11 is 0. The third-order valence-corrected chi connectivity index (χ3v) is 6.75. The van der Waals surface area contributed by atoms with Crippen LogP contribution in [0.1, 0.15) is 23.2 Å². The maximum absolute atomic E-state index is 12.8. The lowest BCUT2D eigenvalue weighted by Crippen LogP contribution is -2.45.